The van der Waals surface area contributed by atoms with Gasteiger partial charge in [-0.15, -0.1) is 10.2 Å². The van der Waals surface area contributed by atoms with E-state index in [1.54, 1.807) is 0 Å². The van der Waals surface area contributed by atoms with E-state index in [2.05, 4.69) is 27.3 Å². The lowest BCUT2D eigenvalue weighted by molar-refractivity contribution is -0.137. The van der Waals surface area contributed by atoms with Crippen LogP contribution in [0.15, 0.2) is 36.5 Å². The van der Waals surface area contributed by atoms with Gasteiger partial charge >= 0.3 is 6.18 Å². The van der Waals surface area contributed by atoms with Crippen LogP contribution in [0.25, 0.3) is 22.2 Å². The molecule has 1 N–H and O–H groups in total. The van der Waals surface area contributed by atoms with Crippen molar-refractivity contribution in [1.82, 2.24) is 19.7 Å². The number of rotatable bonds is 4. The van der Waals surface area contributed by atoms with Crippen molar-refractivity contribution in [2.45, 2.75) is 32.0 Å². The maximum absolute atomic E-state index is 12.9. The number of anilines is 1. The molecule has 0 radical (unpaired) electrons. The van der Waals surface area contributed by atoms with Crippen LogP contribution in [0.5, 0.6) is 0 Å². The van der Waals surface area contributed by atoms with E-state index in [0.29, 0.717) is 23.1 Å². The second-order valence-corrected chi connectivity index (χ2v) is 7.54. The molecule has 0 unspecified atom stereocenters. The molecule has 3 heterocycles. The lowest BCUT2D eigenvalue weighted by Gasteiger charge is -2.32. The number of likely N-dealkylation sites (tertiary alicyclic amines) is 1. The molecule has 8 heteroatoms. The Morgan fingerprint density at radius 1 is 1.14 bits per heavy atom. The predicted molar refractivity (Wildman–Crippen MR) is 108 cm³/mol. The van der Waals surface area contributed by atoms with E-state index in [0.717, 1.165) is 55.5 Å². The first kappa shape index (κ1) is 19.7. The van der Waals surface area contributed by atoms with E-state index in [9.17, 15) is 13.2 Å². The topological polar surface area (TPSA) is 46.0 Å². The number of halogens is 3. The van der Waals surface area contributed by atoms with Gasteiger partial charge in [0.1, 0.15) is 5.69 Å². The Balaban J connectivity index is 1.67. The van der Waals surface area contributed by atoms with Gasteiger partial charge in [0.05, 0.1) is 11.1 Å². The summed E-state index contributed by atoms with van der Waals surface area (Å²) in [6, 6.07) is 7.30. The van der Waals surface area contributed by atoms with Crippen LogP contribution in [-0.4, -0.2) is 45.3 Å². The van der Waals surface area contributed by atoms with Gasteiger partial charge in [0.15, 0.2) is 5.82 Å². The number of alkyl halides is 3. The summed E-state index contributed by atoms with van der Waals surface area (Å²) in [6.07, 6.45) is -0.220. The smallest absolute Gasteiger partial charge is 0.363 e. The van der Waals surface area contributed by atoms with E-state index in [-0.39, 0.29) is 0 Å². The number of nitrogens with zero attached hydrogens (tertiary/aromatic N) is 4. The van der Waals surface area contributed by atoms with Crippen molar-refractivity contribution in [2.75, 3.05) is 25.0 Å². The zero-order chi connectivity index (χ0) is 20.6. The van der Waals surface area contributed by atoms with Crippen molar-refractivity contribution < 1.29 is 13.2 Å². The Hall–Kier alpha value is -2.61. The summed E-state index contributed by atoms with van der Waals surface area (Å²) in [5.41, 5.74) is 1.43. The summed E-state index contributed by atoms with van der Waals surface area (Å²) < 4.78 is 40.6. The summed E-state index contributed by atoms with van der Waals surface area (Å²) in [4.78, 5) is 2.41. The van der Waals surface area contributed by atoms with Crippen molar-refractivity contribution in [2.24, 2.45) is 7.05 Å². The average molecular weight is 403 g/mol. The Morgan fingerprint density at radius 2 is 1.90 bits per heavy atom. The van der Waals surface area contributed by atoms with Gasteiger partial charge in [0.25, 0.3) is 0 Å². The first-order valence-electron chi connectivity index (χ1n) is 9.85. The summed E-state index contributed by atoms with van der Waals surface area (Å²) >= 11 is 0. The molecule has 1 aliphatic rings. The first-order valence-corrected chi connectivity index (χ1v) is 9.85. The van der Waals surface area contributed by atoms with Crippen LogP contribution < -0.4 is 5.32 Å². The minimum absolute atomic E-state index is 0.299. The number of aryl methyl sites for hydroxylation is 1. The Morgan fingerprint density at radius 3 is 2.59 bits per heavy atom. The molecule has 1 aliphatic heterocycles. The predicted octanol–water partition coefficient (Wildman–Crippen LogP) is 4.55. The van der Waals surface area contributed by atoms with E-state index in [4.69, 9.17) is 0 Å². The van der Waals surface area contributed by atoms with Gasteiger partial charge in [0.2, 0.25) is 0 Å². The normalized spacial score (nSPS) is 18.3. The highest BCUT2D eigenvalue weighted by Gasteiger charge is 2.30. The molecule has 0 saturated carbocycles. The number of likely N-dealkylation sites (N-methyl/N-ethyl adjacent to an activating group) is 1. The summed E-state index contributed by atoms with van der Waals surface area (Å²) in [5, 5.41) is 13.2. The highest BCUT2D eigenvalue weighted by Crippen LogP contribution is 2.34. The second kappa shape index (κ2) is 7.67. The van der Waals surface area contributed by atoms with Gasteiger partial charge in [-0.25, -0.2) is 0 Å². The molecule has 4 rings (SSSR count). The SMILES string of the molecule is CCN1CCC[C@@H](Nc2nnc(-c3ccc(C(F)(F)F)cc3)c3ccn(C)c23)C1. The third kappa shape index (κ3) is 3.94. The van der Waals surface area contributed by atoms with Crippen LogP contribution in [0.1, 0.15) is 25.3 Å². The van der Waals surface area contributed by atoms with E-state index in [1.165, 1.54) is 12.1 Å². The molecule has 5 nitrogen and oxygen atoms in total. The number of aromatic nitrogens is 3. The number of fused-ring (bicyclic) bond motifs is 1. The minimum atomic E-state index is -4.35. The molecule has 0 aliphatic carbocycles. The van der Waals surface area contributed by atoms with Crippen molar-refractivity contribution in [3.8, 4) is 11.3 Å². The highest BCUT2D eigenvalue weighted by molar-refractivity contribution is 5.98. The molecule has 2 aromatic heterocycles. The lowest BCUT2D eigenvalue weighted by Crippen LogP contribution is -2.42. The van der Waals surface area contributed by atoms with Crippen molar-refractivity contribution >= 4 is 16.7 Å². The molecular weight excluding hydrogens is 379 g/mol. The highest BCUT2D eigenvalue weighted by atomic mass is 19.4. The molecular formula is C21H24F3N5. The quantitative estimate of drug-likeness (QED) is 0.694. The lowest BCUT2D eigenvalue weighted by atomic mass is 10.0. The van der Waals surface area contributed by atoms with Crippen LogP contribution >= 0.6 is 0 Å². The molecule has 1 atom stereocenters. The third-order valence-electron chi connectivity index (χ3n) is 5.58. The second-order valence-electron chi connectivity index (χ2n) is 7.54. The molecule has 1 aromatic carbocycles. The first-order chi connectivity index (χ1) is 13.9. The molecule has 1 fully saturated rings. The van der Waals surface area contributed by atoms with Crippen molar-refractivity contribution in [3.05, 3.63) is 42.1 Å². The Labute approximate surface area is 167 Å². The maximum atomic E-state index is 12.9. The number of hydrogen-bond donors (Lipinski definition) is 1. The number of hydrogen-bond acceptors (Lipinski definition) is 4. The van der Waals surface area contributed by atoms with Crippen molar-refractivity contribution in [3.63, 3.8) is 0 Å². The zero-order valence-electron chi connectivity index (χ0n) is 16.5. The third-order valence-corrected chi connectivity index (χ3v) is 5.58. The van der Waals surface area contributed by atoms with Gasteiger partial charge in [-0.1, -0.05) is 19.1 Å². The van der Waals surface area contributed by atoms with Crippen LogP contribution in [0.2, 0.25) is 0 Å². The van der Waals surface area contributed by atoms with Gasteiger partial charge in [-0.05, 0) is 44.1 Å². The summed E-state index contributed by atoms with van der Waals surface area (Å²) in [5.74, 6) is 0.714. The van der Waals surface area contributed by atoms with Crippen LogP contribution in [0.4, 0.5) is 19.0 Å². The molecule has 1 saturated heterocycles. The zero-order valence-corrected chi connectivity index (χ0v) is 16.5. The maximum Gasteiger partial charge on any atom is 0.416 e. The number of nitrogens with one attached hydrogen (secondary N) is 1. The fourth-order valence-electron chi connectivity index (χ4n) is 4.00. The molecule has 0 spiro atoms. The minimum Gasteiger partial charge on any atom is -0.363 e. The number of benzene rings is 1. The largest absolute Gasteiger partial charge is 0.416 e. The van der Waals surface area contributed by atoms with E-state index < -0.39 is 11.7 Å². The monoisotopic (exact) mass is 403 g/mol. The average Bonchev–Trinajstić information content (AvgIpc) is 3.10. The van der Waals surface area contributed by atoms with Gasteiger partial charge in [-0.3, -0.25) is 0 Å². The fraction of sp³-hybridized carbons (Fsp3) is 0.429. The molecule has 154 valence electrons. The van der Waals surface area contributed by atoms with Crippen LogP contribution in [0, 0.1) is 0 Å². The van der Waals surface area contributed by atoms with Gasteiger partial charge < -0.3 is 14.8 Å². The van der Waals surface area contributed by atoms with Crippen LogP contribution in [-0.2, 0) is 13.2 Å². The molecule has 29 heavy (non-hydrogen) atoms. The molecule has 3 aromatic rings. The Kier molecular flexibility index (Phi) is 5.21. The van der Waals surface area contributed by atoms with Gasteiger partial charge in [0, 0.05) is 36.8 Å². The fourth-order valence-corrected chi connectivity index (χ4v) is 4.00. The van der Waals surface area contributed by atoms with E-state index in [1.807, 2.05) is 23.9 Å². The van der Waals surface area contributed by atoms with E-state index >= 15 is 0 Å². The van der Waals surface area contributed by atoms with Crippen LogP contribution in [0.3, 0.4) is 0 Å². The Bertz CT molecular complexity index is 994. The molecule has 0 bridgehead atoms. The number of piperidine rings is 1. The molecule has 0 amide bonds. The standard InChI is InChI=1S/C21H24F3N5/c1-3-29-11-4-5-16(13-29)25-20-19-17(10-12-28(19)2)18(26-27-20)14-6-8-15(9-7-14)21(22,23)24/h6-10,12,16H,3-5,11,13H2,1-2H3,(H,25,27)/t16-/m1/s1. The van der Waals surface area contributed by atoms with Gasteiger partial charge in [-0.2, -0.15) is 13.2 Å². The summed E-state index contributed by atoms with van der Waals surface area (Å²) in [7, 11) is 1.94. The van der Waals surface area contributed by atoms with Crippen molar-refractivity contribution in [1.29, 1.82) is 0 Å². The summed E-state index contributed by atoms with van der Waals surface area (Å²) in [6.45, 7) is 5.27.